The van der Waals surface area contributed by atoms with Gasteiger partial charge in [-0.15, -0.1) is 0 Å². The lowest BCUT2D eigenvalue weighted by Gasteiger charge is -2.32. The Hall–Kier alpha value is -3.63. The number of sulfonamides is 1. The Morgan fingerprint density at radius 3 is 2.27 bits per heavy atom. The summed E-state index contributed by atoms with van der Waals surface area (Å²) in [6.07, 6.45) is 0.668. The molecule has 0 fully saturated rings. The van der Waals surface area contributed by atoms with Crippen LogP contribution in [0.4, 0.5) is 10.1 Å². The number of nitrogens with zero attached hydrogens (tertiary/aromatic N) is 2. The second-order valence-corrected chi connectivity index (χ2v) is 11.5. The Bertz CT molecular complexity index is 1440. The first-order valence-electron chi connectivity index (χ1n) is 12.7. The van der Waals surface area contributed by atoms with Gasteiger partial charge >= 0.3 is 0 Å². The number of carbonyl (C=O) groups is 2. The molecule has 40 heavy (non-hydrogen) atoms. The lowest BCUT2D eigenvalue weighted by atomic mass is 10.1. The zero-order chi connectivity index (χ0) is 29.4. The summed E-state index contributed by atoms with van der Waals surface area (Å²) in [6.45, 7) is 4.34. The van der Waals surface area contributed by atoms with Crippen molar-refractivity contribution in [2.24, 2.45) is 0 Å². The van der Waals surface area contributed by atoms with Gasteiger partial charge < -0.3 is 15.0 Å². The number of methoxy groups -OCH3 is 1. The number of rotatable bonds is 12. The predicted molar refractivity (Wildman–Crippen MR) is 153 cm³/mol. The van der Waals surface area contributed by atoms with E-state index in [9.17, 15) is 22.4 Å². The quantitative estimate of drug-likeness (QED) is 0.320. The zero-order valence-corrected chi connectivity index (χ0v) is 24.4. The van der Waals surface area contributed by atoms with Crippen LogP contribution in [0.3, 0.4) is 0 Å². The van der Waals surface area contributed by atoms with Gasteiger partial charge in [-0.25, -0.2) is 12.8 Å². The minimum absolute atomic E-state index is 0.0436. The van der Waals surface area contributed by atoms with Crippen LogP contribution in [-0.2, 0) is 26.2 Å². The molecular weight excluding hydrogens is 557 g/mol. The van der Waals surface area contributed by atoms with Gasteiger partial charge in [-0.2, -0.15) is 0 Å². The first-order chi connectivity index (χ1) is 19.0. The molecule has 3 rings (SSSR count). The van der Waals surface area contributed by atoms with Crippen LogP contribution in [0.2, 0.25) is 5.02 Å². The minimum Gasteiger partial charge on any atom is -0.495 e. The maximum Gasteiger partial charge on any atom is 0.264 e. The Morgan fingerprint density at radius 2 is 1.68 bits per heavy atom. The number of anilines is 1. The molecule has 0 saturated carbocycles. The second kappa shape index (κ2) is 13.6. The number of hydrogen-bond acceptors (Lipinski definition) is 5. The van der Waals surface area contributed by atoms with Crippen molar-refractivity contribution in [1.82, 2.24) is 10.2 Å². The molecule has 11 heteroatoms. The van der Waals surface area contributed by atoms with Gasteiger partial charge in [0.2, 0.25) is 11.8 Å². The Balaban J connectivity index is 2.06. The molecule has 0 saturated heterocycles. The van der Waals surface area contributed by atoms with Crippen LogP contribution in [0.25, 0.3) is 0 Å². The molecule has 0 unspecified atom stereocenters. The van der Waals surface area contributed by atoms with Crippen molar-refractivity contribution in [1.29, 1.82) is 0 Å². The van der Waals surface area contributed by atoms with Crippen molar-refractivity contribution >= 4 is 39.1 Å². The molecule has 1 N–H and O–H groups in total. The zero-order valence-electron chi connectivity index (χ0n) is 22.8. The number of amides is 2. The standard InChI is InChI=1S/C29H33ClFN3O5S/c1-5-20(2)32-29(36)21(3)33(18-22-11-9-10-14-26(22)31)28(35)19-34(23-15-16-27(39-4)25(30)17-23)40(37,38)24-12-7-6-8-13-24/h6-17,20-21H,5,18-19H2,1-4H3,(H,32,36)/t20-,21+/m1/s1. The number of hydrogen-bond donors (Lipinski definition) is 1. The van der Waals surface area contributed by atoms with Crippen LogP contribution in [-0.4, -0.2) is 50.9 Å². The molecule has 0 aliphatic carbocycles. The van der Waals surface area contributed by atoms with Gasteiger partial charge in [0.25, 0.3) is 10.0 Å². The van der Waals surface area contributed by atoms with Crippen LogP contribution >= 0.6 is 11.6 Å². The van der Waals surface area contributed by atoms with E-state index in [1.54, 1.807) is 24.3 Å². The summed E-state index contributed by atoms with van der Waals surface area (Å²) in [5.74, 6) is -1.37. The van der Waals surface area contributed by atoms with Crippen LogP contribution < -0.4 is 14.4 Å². The Kier molecular flexibility index (Phi) is 10.5. The number of benzene rings is 3. The molecule has 0 bridgehead atoms. The van der Waals surface area contributed by atoms with Crippen molar-refractivity contribution < 1.29 is 27.1 Å². The van der Waals surface area contributed by atoms with E-state index in [0.717, 1.165) is 4.31 Å². The fourth-order valence-corrected chi connectivity index (χ4v) is 5.60. The highest BCUT2D eigenvalue weighted by Gasteiger charge is 2.33. The molecule has 0 aromatic heterocycles. The third-order valence-electron chi connectivity index (χ3n) is 6.50. The van der Waals surface area contributed by atoms with Gasteiger partial charge in [-0.05, 0) is 56.7 Å². The third kappa shape index (κ3) is 7.31. The van der Waals surface area contributed by atoms with Crippen molar-refractivity contribution in [3.8, 4) is 5.75 Å². The number of nitrogens with one attached hydrogen (secondary N) is 1. The van der Waals surface area contributed by atoms with Crippen molar-refractivity contribution in [3.63, 3.8) is 0 Å². The Morgan fingerprint density at radius 1 is 1.02 bits per heavy atom. The van der Waals surface area contributed by atoms with Gasteiger partial charge in [0.1, 0.15) is 24.2 Å². The molecule has 2 amide bonds. The third-order valence-corrected chi connectivity index (χ3v) is 8.58. The normalized spacial score (nSPS) is 12.8. The van der Waals surface area contributed by atoms with Gasteiger partial charge in [0.15, 0.2) is 0 Å². The molecule has 0 heterocycles. The largest absolute Gasteiger partial charge is 0.495 e. The maximum atomic E-state index is 14.6. The fraction of sp³-hybridized carbons (Fsp3) is 0.310. The molecular formula is C29H33ClFN3O5S. The lowest BCUT2D eigenvalue weighted by molar-refractivity contribution is -0.139. The van der Waals surface area contributed by atoms with Crippen molar-refractivity contribution in [2.75, 3.05) is 18.0 Å². The molecule has 0 spiro atoms. The van der Waals surface area contributed by atoms with E-state index in [0.29, 0.717) is 12.2 Å². The molecule has 0 aliphatic heterocycles. The summed E-state index contributed by atoms with van der Waals surface area (Å²) >= 11 is 6.31. The average Bonchev–Trinajstić information content (AvgIpc) is 2.95. The van der Waals surface area contributed by atoms with Gasteiger partial charge in [-0.1, -0.05) is 54.9 Å². The van der Waals surface area contributed by atoms with E-state index in [2.05, 4.69) is 5.32 Å². The van der Waals surface area contributed by atoms with Crippen LogP contribution in [0.5, 0.6) is 5.75 Å². The molecule has 3 aromatic carbocycles. The van der Waals surface area contributed by atoms with E-state index < -0.39 is 40.2 Å². The number of carbonyl (C=O) groups excluding carboxylic acids is 2. The van der Waals surface area contributed by atoms with Gasteiger partial charge in [0.05, 0.1) is 22.7 Å². The maximum absolute atomic E-state index is 14.6. The van der Waals surface area contributed by atoms with Crippen LogP contribution in [0.1, 0.15) is 32.8 Å². The van der Waals surface area contributed by atoms with E-state index in [1.807, 2.05) is 13.8 Å². The molecule has 8 nitrogen and oxygen atoms in total. The summed E-state index contributed by atoms with van der Waals surface area (Å²) < 4.78 is 48.3. The first kappa shape index (κ1) is 30.9. The highest BCUT2D eigenvalue weighted by molar-refractivity contribution is 7.92. The SMILES string of the molecule is CC[C@@H](C)NC(=O)[C@H](C)N(Cc1ccccc1F)C(=O)CN(c1ccc(OC)c(Cl)c1)S(=O)(=O)c1ccccc1. The molecule has 0 radical (unpaired) electrons. The first-order valence-corrected chi connectivity index (χ1v) is 14.6. The summed E-state index contributed by atoms with van der Waals surface area (Å²) in [5.41, 5.74) is 0.301. The smallest absolute Gasteiger partial charge is 0.264 e. The average molecular weight is 590 g/mol. The van der Waals surface area contributed by atoms with Crippen LogP contribution in [0, 0.1) is 5.82 Å². The molecule has 214 valence electrons. The topological polar surface area (TPSA) is 96.0 Å². The minimum atomic E-state index is -4.26. The fourth-order valence-electron chi connectivity index (χ4n) is 3.92. The summed E-state index contributed by atoms with van der Waals surface area (Å²) in [7, 11) is -2.83. The van der Waals surface area contributed by atoms with Crippen molar-refractivity contribution in [2.45, 2.75) is 50.7 Å². The Labute approximate surface area is 239 Å². The predicted octanol–water partition coefficient (Wildman–Crippen LogP) is 5.02. The highest BCUT2D eigenvalue weighted by atomic mass is 35.5. The van der Waals surface area contributed by atoms with Gasteiger partial charge in [0, 0.05) is 18.2 Å². The van der Waals surface area contributed by atoms with E-state index >= 15 is 0 Å². The van der Waals surface area contributed by atoms with E-state index in [4.69, 9.17) is 16.3 Å². The summed E-state index contributed by atoms with van der Waals surface area (Å²) in [5, 5.41) is 2.98. The van der Waals surface area contributed by atoms with E-state index in [1.165, 1.54) is 67.5 Å². The van der Waals surface area contributed by atoms with Gasteiger partial charge in [-0.3, -0.25) is 13.9 Å². The summed E-state index contributed by atoms with van der Waals surface area (Å²) in [4.78, 5) is 28.1. The molecule has 0 aliphatic rings. The summed E-state index contributed by atoms with van der Waals surface area (Å²) in [6, 6.07) is 16.7. The lowest BCUT2D eigenvalue weighted by Crippen LogP contribution is -2.52. The molecule has 3 aromatic rings. The number of ether oxygens (including phenoxy) is 1. The molecule has 2 atom stereocenters. The van der Waals surface area contributed by atoms with E-state index in [-0.39, 0.29) is 33.8 Å². The second-order valence-electron chi connectivity index (χ2n) is 9.25. The number of halogens is 2. The highest BCUT2D eigenvalue weighted by Crippen LogP contribution is 2.32. The van der Waals surface area contributed by atoms with Crippen molar-refractivity contribution in [3.05, 3.63) is 89.2 Å². The van der Waals surface area contributed by atoms with Crippen LogP contribution in [0.15, 0.2) is 77.7 Å². The monoisotopic (exact) mass is 589 g/mol.